The highest BCUT2D eigenvalue weighted by Gasteiger charge is 2.25. The molecular weight excluding hydrogens is 715 g/mol. The zero-order valence-electron chi connectivity index (χ0n) is 37.5. The molecule has 0 aliphatic carbocycles. The molecule has 0 spiro atoms. The highest BCUT2D eigenvalue weighted by Crippen LogP contribution is 2.13. The van der Waals surface area contributed by atoms with Crippen LogP contribution in [0.3, 0.4) is 0 Å². The zero-order valence-corrected chi connectivity index (χ0v) is 37.5. The van der Waals surface area contributed by atoms with Crippen molar-refractivity contribution >= 4 is 17.9 Å². The summed E-state index contributed by atoms with van der Waals surface area (Å²) in [6, 6.07) is -0.735. The number of quaternary nitrogens is 1. The van der Waals surface area contributed by atoms with Crippen LogP contribution in [-0.4, -0.2) is 75.5 Å². The maximum atomic E-state index is 12.7. The number of rotatable bonds is 41. The van der Waals surface area contributed by atoms with Crippen molar-refractivity contribution in [1.82, 2.24) is 0 Å². The second kappa shape index (κ2) is 40.1. The molecule has 2 unspecified atom stereocenters. The predicted molar refractivity (Wildman–Crippen MR) is 236 cm³/mol. The van der Waals surface area contributed by atoms with E-state index in [1.807, 2.05) is 0 Å². The van der Waals surface area contributed by atoms with Crippen LogP contribution in [0.2, 0.25) is 0 Å². The molecule has 0 amide bonds. The topological polar surface area (TPSA) is 102 Å². The van der Waals surface area contributed by atoms with Crippen molar-refractivity contribution in [3.05, 3.63) is 48.6 Å². The third kappa shape index (κ3) is 38.6. The van der Waals surface area contributed by atoms with E-state index in [0.717, 1.165) is 51.4 Å². The summed E-state index contributed by atoms with van der Waals surface area (Å²) in [5.41, 5.74) is 0. The van der Waals surface area contributed by atoms with Crippen molar-refractivity contribution in [2.24, 2.45) is 0 Å². The number of aliphatic carboxylic acids is 1. The highest BCUT2D eigenvalue weighted by atomic mass is 16.6. The minimum Gasteiger partial charge on any atom is -0.544 e. The average Bonchev–Trinajstić information content (AvgIpc) is 3.17. The molecule has 0 N–H and O–H groups in total. The fourth-order valence-electron chi connectivity index (χ4n) is 6.55. The van der Waals surface area contributed by atoms with E-state index in [1.165, 1.54) is 103 Å². The molecule has 0 fully saturated rings. The summed E-state index contributed by atoms with van der Waals surface area (Å²) in [5.74, 6) is -1.81. The number of carbonyl (C=O) groups excluding carboxylic acids is 3. The first kappa shape index (κ1) is 54.3. The van der Waals surface area contributed by atoms with Gasteiger partial charge in [-0.05, 0) is 70.6 Å². The number of carboxylic acid groups (broad SMARTS) is 1. The van der Waals surface area contributed by atoms with E-state index in [1.54, 1.807) is 21.1 Å². The quantitative estimate of drug-likeness (QED) is 0.0262. The minimum absolute atomic E-state index is 0.0214. The van der Waals surface area contributed by atoms with E-state index in [4.69, 9.17) is 14.2 Å². The molecule has 2 atom stereocenters. The lowest BCUT2D eigenvalue weighted by Gasteiger charge is -2.34. The monoisotopic (exact) mass is 802 g/mol. The van der Waals surface area contributed by atoms with Gasteiger partial charge in [0.25, 0.3) is 0 Å². The second-order valence-corrected chi connectivity index (χ2v) is 16.6. The summed E-state index contributed by atoms with van der Waals surface area (Å²) in [7, 11) is 5.39. The van der Waals surface area contributed by atoms with Crippen LogP contribution in [0.1, 0.15) is 194 Å². The van der Waals surface area contributed by atoms with E-state index in [2.05, 4.69) is 62.5 Å². The van der Waals surface area contributed by atoms with Gasteiger partial charge in [-0.3, -0.25) is 9.59 Å². The Bertz CT molecular complexity index is 1070. The lowest BCUT2D eigenvalue weighted by molar-refractivity contribution is -0.889. The molecule has 0 bridgehead atoms. The molecular formula is C49H87NO7. The standard InChI is InChI=1S/C49H87NO7/c1-6-8-10-12-14-16-18-20-22-24-26-27-29-31-33-35-37-39-47(51)56-44-45(43-55-42-41-46(49(53)54)50(3,4)5)57-48(52)40-38-36-34-32-30-28-25-23-21-19-17-15-13-11-9-7-2/h20,22-23,25-27,31,33,45-46H,6-19,21,24,28-30,32,34-44H2,1-5H3/b22-20+,25-23+,27-26+,33-31+. The van der Waals surface area contributed by atoms with Crippen LogP contribution in [0.15, 0.2) is 48.6 Å². The third-order valence-electron chi connectivity index (χ3n) is 10.2. The van der Waals surface area contributed by atoms with Crippen molar-refractivity contribution in [3.8, 4) is 0 Å². The molecule has 0 saturated heterocycles. The van der Waals surface area contributed by atoms with Crippen molar-refractivity contribution in [2.75, 3.05) is 41.0 Å². The molecule has 8 nitrogen and oxygen atoms in total. The molecule has 0 heterocycles. The number of hydrogen-bond donors (Lipinski definition) is 0. The fourth-order valence-corrected chi connectivity index (χ4v) is 6.55. The van der Waals surface area contributed by atoms with Gasteiger partial charge in [0.15, 0.2) is 6.10 Å². The summed E-state index contributed by atoms with van der Waals surface area (Å²) >= 11 is 0. The molecule has 0 rings (SSSR count). The molecule has 0 aromatic rings. The van der Waals surface area contributed by atoms with Gasteiger partial charge in [-0.15, -0.1) is 0 Å². The lowest BCUT2D eigenvalue weighted by Crippen LogP contribution is -2.55. The Morgan fingerprint density at radius 3 is 1.44 bits per heavy atom. The van der Waals surface area contributed by atoms with Gasteiger partial charge in [-0.25, -0.2) is 0 Å². The van der Waals surface area contributed by atoms with Crippen molar-refractivity contribution in [1.29, 1.82) is 0 Å². The van der Waals surface area contributed by atoms with Gasteiger partial charge in [0.1, 0.15) is 12.6 Å². The Morgan fingerprint density at radius 1 is 0.526 bits per heavy atom. The largest absolute Gasteiger partial charge is 0.544 e. The number of carboxylic acids is 1. The first-order chi connectivity index (χ1) is 27.6. The smallest absolute Gasteiger partial charge is 0.306 e. The van der Waals surface area contributed by atoms with E-state index in [9.17, 15) is 19.5 Å². The Labute approximate surface area is 350 Å². The molecule has 0 radical (unpaired) electrons. The maximum absolute atomic E-state index is 12.7. The Balaban J connectivity index is 4.42. The Morgan fingerprint density at radius 2 is 0.947 bits per heavy atom. The summed E-state index contributed by atoms with van der Waals surface area (Å²) in [5, 5.41) is 11.6. The molecule has 330 valence electrons. The van der Waals surface area contributed by atoms with E-state index < -0.39 is 18.1 Å². The third-order valence-corrected chi connectivity index (χ3v) is 10.2. The number of nitrogens with zero attached hydrogens (tertiary/aromatic N) is 1. The molecule has 0 saturated carbocycles. The number of hydrogen-bond acceptors (Lipinski definition) is 7. The summed E-state index contributed by atoms with van der Waals surface area (Å²) in [6.45, 7) is 4.59. The van der Waals surface area contributed by atoms with Gasteiger partial charge in [-0.1, -0.05) is 152 Å². The van der Waals surface area contributed by atoms with Crippen LogP contribution in [0, 0.1) is 0 Å². The van der Waals surface area contributed by atoms with Crippen LogP contribution >= 0.6 is 0 Å². The highest BCUT2D eigenvalue weighted by molar-refractivity contribution is 5.70. The van der Waals surface area contributed by atoms with Gasteiger partial charge in [0.2, 0.25) is 0 Å². The lowest BCUT2D eigenvalue weighted by atomic mass is 10.1. The fraction of sp³-hybridized carbons (Fsp3) is 0.776. The molecule has 0 aromatic heterocycles. The summed E-state index contributed by atoms with van der Waals surface area (Å²) < 4.78 is 17.1. The van der Waals surface area contributed by atoms with Crippen LogP contribution in [0.25, 0.3) is 0 Å². The van der Waals surface area contributed by atoms with Crippen molar-refractivity contribution in [3.63, 3.8) is 0 Å². The normalized spacial score (nSPS) is 13.4. The summed E-state index contributed by atoms with van der Waals surface area (Å²) in [6.07, 6.45) is 47.1. The van der Waals surface area contributed by atoms with Crippen molar-refractivity contribution in [2.45, 2.75) is 206 Å². The van der Waals surface area contributed by atoms with Crippen LogP contribution < -0.4 is 5.11 Å². The number of ether oxygens (including phenoxy) is 3. The van der Waals surface area contributed by atoms with Gasteiger partial charge < -0.3 is 28.6 Å². The number of likely N-dealkylation sites (N-methyl/N-ethyl adjacent to an activating group) is 1. The number of allylic oxidation sites excluding steroid dienone is 8. The van der Waals surface area contributed by atoms with Crippen LogP contribution in [0.4, 0.5) is 0 Å². The molecule has 0 aromatic carbocycles. The van der Waals surface area contributed by atoms with Gasteiger partial charge >= 0.3 is 11.9 Å². The number of unbranched alkanes of at least 4 members (excludes halogenated alkanes) is 19. The van der Waals surface area contributed by atoms with E-state index in [-0.39, 0.29) is 49.1 Å². The number of esters is 2. The van der Waals surface area contributed by atoms with Crippen LogP contribution in [-0.2, 0) is 28.6 Å². The maximum Gasteiger partial charge on any atom is 0.306 e. The van der Waals surface area contributed by atoms with E-state index >= 15 is 0 Å². The summed E-state index contributed by atoms with van der Waals surface area (Å²) in [4.78, 5) is 36.9. The first-order valence-corrected chi connectivity index (χ1v) is 23.2. The second-order valence-electron chi connectivity index (χ2n) is 16.6. The van der Waals surface area contributed by atoms with Crippen molar-refractivity contribution < 1.29 is 38.2 Å². The molecule has 0 aliphatic heterocycles. The average molecular weight is 802 g/mol. The predicted octanol–water partition coefficient (Wildman–Crippen LogP) is 11.5. The molecule has 0 aliphatic rings. The van der Waals surface area contributed by atoms with Gasteiger partial charge in [-0.2, -0.15) is 0 Å². The Hall–Kier alpha value is -2.71. The Kier molecular flexibility index (Phi) is 38.2. The zero-order chi connectivity index (χ0) is 42.1. The number of carbonyl (C=O) groups is 3. The SMILES string of the molecule is CCCCCCCC/C=C/C/C=C/C/C=C/CCCC(=O)OCC(COCCC(C(=O)[O-])[N+](C)(C)C)OC(=O)CCCCCCC/C=C/CCCCCCCCC. The first-order valence-electron chi connectivity index (χ1n) is 23.2. The minimum atomic E-state index is -1.13. The van der Waals surface area contributed by atoms with Gasteiger partial charge in [0, 0.05) is 19.3 Å². The molecule has 8 heteroatoms. The van der Waals surface area contributed by atoms with Crippen LogP contribution in [0.5, 0.6) is 0 Å². The van der Waals surface area contributed by atoms with E-state index in [0.29, 0.717) is 12.8 Å². The molecule has 57 heavy (non-hydrogen) atoms. The van der Waals surface area contributed by atoms with Gasteiger partial charge in [0.05, 0.1) is 40.3 Å².